The third-order valence-electron chi connectivity index (χ3n) is 2.13. The molecule has 16 heavy (non-hydrogen) atoms. The van der Waals surface area contributed by atoms with Gasteiger partial charge in [-0.05, 0) is 24.6 Å². The van der Waals surface area contributed by atoms with Crippen LogP contribution in [-0.4, -0.2) is 19.0 Å². The lowest BCUT2D eigenvalue weighted by molar-refractivity contribution is 0.174. The Morgan fingerprint density at radius 3 is 2.69 bits per heavy atom. The standard InChI is InChI=1S/C10H12N4O2/c1-6-2-8-9(16-5-15-8)3-7(6)4-13-14-10(11)12/h2-4H,5H2,1H3,(H4,11,12,14). The van der Waals surface area contributed by atoms with Crippen LogP contribution in [0.15, 0.2) is 22.3 Å². The number of guanidine groups is 1. The third-order valence-corrected chi connectivity index (χ3v) is 2.13. The van der Waals surface area contributed by atoms with E-state index in [0.29, 0.717) is 5.75 Å². The molecule has 1 aliphatic rings. The summed E-state index contributed by atoms with van der Waals surface area (Å²) in [6, 6.07) is 3.72. The van der Waals surface area contributed by atoms with Crippen molar-refractivity contribution in [2.24, 2.45) is 21.7 Å². The maximum atomic E-state index is 5.25. The number of nitrogens with two attached hydrogens (primary N) is 2. The van der Waals surface area contributed by atoms with Crippen molar-refractivity contribution in [3.63, 3.8) is 0 Å². The molecule has 0 unspecified atom stereocenters. The van der Waals surface area contributed by atoms with Gasteiger partial charge in [-0.15, -0.1) is 5.10 Å². The molecule has 0 fully saturated rings. The minimum Gasteiger partial charge on any atom is -0.454 e. The number of hydrogen-bond acceptors (Lipinski definition) is 4. The van der Waals surface area contributed by atoms with Crippen molar-refractivity contribution in [1.82, 2.24) is 0 Å². The van der Waals surface area contributed by atoms with Crippen LogP contribution in [0, 0.1) is 6.92 Å². The first kappa shape index (κ1) is 10.3. The molecular weight excluding hydrogens is 208 g/mol. The summed E-state index contributed by atoms with van der Waals surface area (Å²) in [5, 5.41) is 7.27. The Kier molecular flexibility index (Phi) is 2.63. The summed E-state index contributed by atoms with van der Waals surface area (Å²) in [7, 11) is 0. The highest BCUT2D eigenvalue weighted by atomic mass is 16.7. The largest absolute Gasteiger partial charge is 0.454 e. The fourth-order valence-corrected chi connectivity index (χ4v) is 1.36. The minimum absolute atomic E-state index is 0.0744. The molecule has 0 bridgehead atoms. The Morgan fingerprint density at radius 1 is 1.31 bits per heavy atom. The predicted molar refractivity (Wildman–Crippen MR) is 60.7 cm³/mol. The highest BCUT2D eigenvalue weighted by molar-refractivity contribution is 5.84. The van der Waals surface area contributed by atoms with E-state index in [1.807, 2.05) is 19.1 Å². The van der Waals surface area contributed by atoms with Crippen molar-refractivity contribution in [2.75, 3.05) is 6.79 Å². The normalized spacial score (nSPS) is 13.1. The molecule has 6 heteroatoms. The van der Waals surface area contributed by atoms with Gasteiger partial charge in [-0.3, -0.25) is 0 Å². The SMILES string of the molecule is Cc1cc2c(cc1C=NN=C(N)N)OCO2. The number of fused-ring (bicyclic) bond motifs is 1. The molecule has 1 aromatic rings. The smallest absolute Gasteiger partial charge is 0.231 e. The lowest BCUT2D eigenvalue weighted by atomic mass is 10.1. The van der Waals surface area contributed by atoms with Gasteiger partial charge in [0.2, 0.25) is 12.8 Å². The molecule has 0 atom stereocenters. The number of benzene rings is 1. The quantitative estimate of drug-likeness (QED) is 0.426. The van der Waals surface area contributed by atoms with Gasteiger partial charge in [-0.2, -0.15) is 5.10 Å². The van der Waals surface area contributed by atoms with Crippen LogP contribution in [-0.2, 0) is 0 Å². The van der Waals surface area contributed by atoms with Gasteiger partial charge in [0.15, 0.2) is 11.5 Å². The number of rotatable bonds is 2. The second-order valence-electron chi connectivity index (χ2n) is 3.33. The van der Waals surface area contributed by atoms with E-state index < -0.39 is 0 Å². The van der Waals surface area contributed by atoms with Gasteiger partial charge in [0.1, 0.15) is 0 Å². The predicted octanol–water partition coefficient (Wildman–Crippen LogP) is 0.331. The number of ether oxygens (including phenoxy) is 2. The Bertz CT molecular complexity index is 464. The van der Waals surface area contributed by atoms with Gasteiger partial charge < -0.3 is 20.9 Å². The average molecular weight is 220 g/mol. The monoisotopic (exact) mass is 220 g/mol. The molecule has 0 aliphatic carbocycles. The highest BCUT2D eigenvalue weighted by Gasteiger charge is 2.14. The molecule has 0 spiro atoms. The lowest BCUT2D eigenvalue weighted by Crippen LogP contribution is -2.21. The van der Waals surface area contributed by atoms with Crippen molar-refractivity contribution in [2.45, 2.75) is 6.92 Å². The number of hydrogen-bond donors (Lipinski definition) is 2. The molecule has 84 valence electrons. The van der Waals surface area contributed by atoms with Crippen LogP contribution < -0.4 is 20.9 Å². The Hall–Kier alpha value is -2.24. The van der Waals surface area contributed by atoms with E-state index in [9.17, 15) is 0 Å². The summed E-state index contributed by atoms with van der Waals surface area (Å²) in [4.78, 5) is 0. The zero-order chi connectivity index (χ0) is 11.5. The first-order valence-corrected chi connectivity index (χ1v) is 4.69. The topological polar surface area (TPSA) is 95.2 Å². The zero-order valence-corrected chi connectivity index (χ0v) is 8.80. The molecule has 0 saturated heterocycles. The number of nitrogens with zero attached hydrogens (tertiary/aromatic N) is 2. The summed E-state index contributed by atoms with van der Waals surface area (Å²) in [6.45, 7) is 2.20. The molecule has 0 amide bonds. The van der Waals surface area contributed by atoms with E-state index in [4.69, 9.17) is 20.9 Å². The van der Waals surface area contributed by atoms with E-state index in [1.165, 1.54) is 0 Å². The van der Waals surface area contributed by atoms with Crippen LogP contribution in [0.4, 0.5) is 0 Å². The van der Waals surface area contributed by atoms with Crippen LogP contribution in [0.1, 0.15) is 11.1 Å². The minimum atomic E-state index is -0.0744. The molecule has 1 aliphatic heterocycles. The van der Waals surface area contributed by atoms with E-state index >= 15 is 0 Å². The molecule has 6 nitrogen and oxygen atoms in total. The van der Waals surface area contributed by atoms with Gasteiger partial charge in [0.05, 0.1) is 6.21 Å². The number of aryl methyl sites for hydroxylation is 1. The Labute approximate surface area is 92.6 Å². The third kappa shape index (κ3) is 2.05. The summed E-state index contributed by atoms with van der Waals surface area (Å²) in [5.74, 6) is 1.38. The fourth-order valence-electron chi connectivity index (χ4n) is 1.36. The van der Waals surface area contributed by atoms with Crippen molar-refractivity contribution in [3.05, 3.63) is 23.3 Å². The van der Waals surface area contributed by atoms with Crippen molar-refractivity contribution >= 4 is 12.2 Å². The molecule has 4 N–H and O–H groups in total. The summed E-state index contributed by atoms with van der Waals surface area (Å²) in [5.41, 5.74) is 12.2. The van der Waals surface area contributed by atoms with Crippen LogP contribution in [0.2, 0.25) is 0 Å². The Morgan fingerprint density at radius 2 is 2.00 bits per heavy atom. The van der Waals surface area contributed by atoms with Crippen LogP contribution in [0.5, 0.6) is 11.5 Å². The van der Waals surface area contributed by atoms with Gasteiger partial charge in [-0.1, -0.05) is 0 Å². The first-order chi connectivity index (χ1) is 7.66. The van der Waals surface area contributed by atoms with Crippen LogP contribution in [0.25, 0.3) is 0 Å². The highest BCUT2D eigenvalue weighted by Crippen LogP contribution is 2.33. The molecular formula is C10H12N4O2. The second-order valence-corrected chi connectivity index (χ2v) is 3.33. The second kappa shape index (κ2) is 4.09. The van der Waals surface area contributed by atoms with Crippen molar-refractivity contribution in [3.8, 4) is 11.5 Å². The first-order valence-electron chi connectivity index (χ1n) is 4.69. The van der Waals surface area contributed by atoms with Crippen LogP contribution in [0.3, 0.4) is 0 Å². The summed E-state index contributed by atoms with van der Waals surface area (Å²) >= 11 is 0. The van der Waals surface area contributed by atoms with Crippen LogP contribution >= 0.6 is 0 Å². The Balaban J connectivity index is 2.28. The summed E-state index contributed by atoms with van der Waals surface area (Å²) in [6.07, 6.45) is 1.57. The van der Waals surface area contributed by atoms with Crippen molar-refractivity contribution in [1.29, 1.82) is 0 Å². The van der Waals surface area contributed by atoms with Gasteiger partial charge in [-0.25, -0.2) is 0 Å². The molecule has 0 aromatic heterocycles. The zero-order valence-electron chi connectivity index (χ0n) is 8.80. The molecule has 2 rings (SSSR count). The van der Waals surface area contributed by atoms with E-state index in [0.717, 1.165) is 16.9 Å². The molecule has 0 radical (unpaired) electrons. The van der Waals surface area contributed by atoms with E-state index in [1.54, 1.807) is 6.21 Å². The average Bonchev–Trinajstić information content (AvgIpc) is 2.64. The maximum Gasteiger partial charge on any atom is 0.231 e. The summed E-state index contributed by atoms with van der Waals surface area (Å²) < 4.78 is 10.5. The molecule has 0 saturated carbocycles. The van der Waals surface area contributed by atoms with Gasteiger partial charge >= 0.3 is 0 Å². The van der Waals surface area contributed by atoms with Crippen molar-refractivity contribution < 1.29 is 9.47 Å². The maximum absolute atomic E-state index is 5.25. The van der Waals surface area contributed by atoms with Gasteiger partial charge in [0, 0.05) is 5.56 Å². The fraction of sp³-hybridized carbons (Fsp3) is 0.200. The van der Waals surface area contributed by atoms with Gasteiger partial charge in [0.25, 0.3) is 0 Å². The van der Waals surface area contributed by atoms with E-state index in [-0.39, 0.29) is 12.8 Å². The lowest BCUT2D eigenvalue weighted by Gasteiger charge is -2.01. The van der Waals surface area contributed by atoms with E-state index in [2.05, 4.69) is 10.2 Å². The molecule has 1 aromatic carbocycles. The molecule has 1 heterocycles.